The molecule has 0 saturated carbocycles. The first-order chi connectivity index (χ1) is 9.85. The minimum absolute atomic E-state index is 0. The summed E-state index contributed by atoms with van der Waals surface area (Å²) in [6.07, 6.45) is 2.23. The van der Waals surface area contributed by atoms with Gasteiger partial charge in [-0.05, 0) is 37.8 Å². The summed E-state index contributed by atoms with van der Waals surface area (Å²) < 4.78 is 5.51. The number of anilines is 1. The van der Waals surface area contributed by atoms with Crippen molar-refractivity contribution in [3.63, 3.8) is 0 Å². The number of piperidine rings is 1. The maximum atomic E-state index is 12.5. The molecule has 1 aliphatic heterocycles. The van der Waals surface area contributed by atoms with Crippen LogP contribution in [0.5, 0.6) is 0 Å². The van der Waals surface area contributed by atoms with Gasteiger partial charge in [0.15, 0.2) is 5.82 Å². The molecule has 1 aliphatic rings. The molecule has 1 aromatic rings. The average Bonchev–Trinajstić information content (AvgIpc) is 2.84. The second kappa shape index (κ2) is 7.44. The number of halogens is 1. The van der Waals surface area contributed by atoms with Gasteiger partial charge >= 0.3 is 0 Å². The number of hydrogen-bond donors (Lipinski definition) is 3. The number of H-pyrrole nitrogens is 1. The van der Waals surface area contributed by atoms with Crippen molar-refractivity contribution in [3.8, 4) is 0 Å². The van der Waals surface area contributed by atoms with Gasteiger partial charge in [-0.1, -0.05) is 20.8 Å². The van der Waals surface area contributed by atoms with E-state index in [1.807, 2.05) is 6.07 Å². The lowest BCUT2D eigenvalue weighted by molar-refractivity contribution is -0.140. The largest absolute Gasteiger partial charge is 0.368 e. The van der Waals surface area contributed by atoms with Gasteiger partial charge in [0.1, 0.15) is 5.60 Å². The van der Waals surface area contributed by atoms with Crippen molar-refractivity contribution in [1.82, 2.24) is 15.5 Å². The number of aromatic nitrogens is 2. The molecule has 1 saturated heterocycles. The van der Waals surface area contributed by atoms with Crippen molar-refractivity contribution >= 4 is 24.1 Å². The SMILES string of the molecule is COC1(C(=O)Nc2cc(CC(C)(C)C)[nH]n2)CCNCC1.Cl. The van der Waals surface area contributed by atoms with Crippen LogP contribution in [0.15, 0.2) is 6.07 Å². The summed E-state index contributed by atoms with van der Waals surface area (Å²) in [4.78, 5) is 12.5. The number of methoxy groups -OCH3 is 1. The zero-order valence-corrected chi connectivity index (χ0v) is 14.6. The number of rotatable bonds is 4. The molecule has 0 bridgehead atoms. The first-order valence-electron chi connectivity index (χ1n) is 7.46. The number of amides is 1. The topological polar surface area (TPSA) is 79.0 Å². The fourth-order valence-corrected chi connectivity index (χ4v) is 2.67. The second-order valence-electron chi connectivity index (χ2n) is 6.92. The molecule has 1 amide bonds. The lowest BCUT2D eigenvalue weighted by Gasteiger charge is -2.34. The van der Waals surface area contributed by atoms with Crippen LogP contribution >= 0.6 is 12.4 Å². The van der Waals surface area contributed by atoms with E-state index in [9.17, 15) is 4.79 Å². The highest BCUT2D eigenvalue weighted by atomic mass is 35.5. The van der Waals surface area contributed by atoms with E-state index < -0.39 is 5.60 Å². The van der Waals surface area contributed by atoms with Crippen LogP contribution in [0.2, 0.25) is 0 Å². The average molecular weight is 331 g/mol. The monoisotopic (exact) mass is 330 g/mol. The lowest BCUT2D eigenvalue weighted by atomic mass is 9.90. The van der Waals surface area contributed by atoms with Gasteiger partial charge < -0.3 is 15.4 Å². The Kier molecular flexibility index (Phi) is 6.40. The number of carbonyl (C=O) groups excluding carboxylic acids is 1. The highest BCUT2D eigenvalue weighted by Crippen LogP contribution is 2.25. The summed E-state index contributed by atoms with van der Waals surface area (Å²) in [5.41, 5.74) is 0.458. The van der Waals surface area contributed by atoms with Crippen LogP contribution in [0.4, 0.5) is 5.82 Å². The Balaban J connectivity index is 0.00000242. The zero-order chi connectivity index (χ0) is 15.5. The zero-order valence-electron chi connectivity index (χ0n) is 13.8. The van der Waals surface area contributed by atoms with E-state index in [1.54, 1.807) is 7.11 Å². The molecule has 0 aliphatic carbocycles. The van der Waals surface area contributed by atoms with Gasteiger partial charge in [0, 0.05) is 18.9 Å². The molecule has 0 atom stereocenters. The van der Waals surface area contributed by atoms with Gasteiger partial charge in [0.05, 0.1) is 0 Å². The number of nitrogens with one attached hydrogen (secondary N) is 3. The van der Waals surface area contributed by atoms with E-state index in [0.717, 1.165) is 25.2 Å². The van der Waals surface area contributed by atoms with Crippen molar-refractivity contribution < 1.29 is 9.53 Å². The summed E-state index contributed by atoms with van der Waals surface area (Å²) in [6.45, 7) is 8.08. The third kappa shape index (κ3) is 4.69. The molecular formula is C15H27ClN4O2. The maximum absolute atomic E-state index is 12.5. The highest BCUT2D eigenvalue weighted by molar-refractivity contribution is 5.96. The molecular weight excluding hydrogens is 304 g/mol. The van der Waals surface area contributed by atoms with E-state index in [-0.39, 0.29) is 23.7 Å². The van der Waals surface area contributed by atoms with Crippen molar-refractivity contribution in [3.05, 3.63) is 11.8 Å². The summed E-state index contributed by atoms with van der Waals surface area (Å²) >= 11 is 0. The molecule has 3 N–H and O–H groups in total. The Hall–Kier alpha value is -1.11. The van der Waals surface area contributed by atoms with Crippen molar-refractivity contribution in [2.45, 2.75) is 45.6 Å². The summed E-state index contributed by atoms with van der Waals surface area (Å²) in [7, 11) is 1.60. The predicted molar refractivity (Wildman–Crippen MR) is 89.5 cm³/mol. The summed E-state index contributed by atoms with van der Waals surface area (Å²) in [5.74, 6) is 0.453. The molecule has 2 heterocycles. The standard InChI is InChI=1S/C15H26N4O2.ClH/c1-14(2,3)10-11-9-12(19-18-11)17-13(20)15(21-4)5-7-16-8-6-15;/h9,16H,5-8,10H2,1-4H3,(H2,17,18,19,20);1H. The molecule has 1 aromatic heterocycles. The molecule has 2 rings (SSSR count). The smallest absolute Gasteiger partial charge is 0.257 e. The quantitative estimate of drug-likeness (QED) is 0.790. The van der Waals surface area contributed by atoms with Crippen LogP contribution in [0.3, 0.4) is 0 Å². The number of carbonyl (C=O) groups is 1. The Labute approximate surface area is 138 Å². The van der Waals surface area contributed by atoms with Gasteiger partial charge in [0.2, 0.25) is 0 Å². The lowest BCUT2D eigenvalue weighted by Crippen LogP contribution is -2.51. The minimum atomic E-state index is -0.742. The Morgan fingerprint density at radius 1 is 1.41 bits per heavy atom. The van der Waals surface area contributed by atoms with Crippen LogP contribution in [0.1, 0.15) is 39.3 Å². The Bertz CT molecular complexity index is 490. The second-order valence-corrected chi connectivity index (χ2v) is 6.92. The molecule has 1 fully saturated rings. The molecule has 126 valence electrons. The van der Waals surface area contributed by atoms with E-state index in [4.69, 9.17) is 4.74 Å². The van der Waals surface area contributed by atoms with Gasteiger partial charge in [-0.2, -0.15) is 5.10 Å². The van der Waals surface area contributed by atoms with Crippen molar-refractivity contribution in [1.29, 1.82) is 0 Å². The fraction of sp³-hybridized carbons (Fsp3) is 0.733. The molecule has 22 heavy (non-hydrogen) atoms. The first-order valence-corrected chi connectivity index (χ1v) is 7.46. The summed E-state index contributed by atoms with van der Waals surface area (Å²) in [6, 6.07) is 1.90. The van der Waals surface area contributed by atoms with E-state index >= 15 is 0 Å². The predicted octanol–water partition coefficient (Wildman–Crippen LogP) is 2.13. The van der Waals surface area contributed by atoms with Gasteiger partial charge in [-0.25, -0.2) is 0 Å². The molecule has 0 radical (unpaired) electrons. The fourth-order valence-electron chi connectivity index (χ4n) is 2.67. The summed E-state index contributed by atoms with van der Waals surface area (Å²) in [5, 5.41) is 13.3. The van der Waals surface area contributed by atoms with Crippen LogP contribution in [-0.4, -0.2) is 41.9 Å². The number of hydrogen-bond acceptors (Lipinski definition) is 4. The molecule has 0 spiro atoms. The number of nitrogens with zero attached hydrogens (tertiary/aromatic N) is 1. The first kappa shape index (κ1) is 18.9. The van der Waals surface area contributed by atoms with Gasteiger partial charge in [0.25, 0.3) is 5.91 Å². The third-order valence-electron chi connectivity index (χ3n) is 3.81. The Morgan fingerprint density at radius 3 is 2.59 bits per heavy atom. The maximum Gasteiger partial charge on any atom is 0.257 e. The number of aromatic amines is 1. The van der Waals surface area contributed by atoms with Crippen LogP contribution in [0, 0.1) is 5.41 Å². The molecule has 0 unspecified atom stereocenters. The van der Waals surface area contributed by atoms with Crippen molar-refractivity contribution in [2.24, 2.45) is 5.41 Å². The molecule has 0 aromatic carbocycles. The van der Waals surface area contributed by atoms with Crippen LogP contribution in [0.25, 0.3) is 0 Å². The van der Waals surface area contributed by atoms with E-state index in [2.05, 4.69) is 41.6 Å². The normalized spacial score (nSPS) is 17.6. The van der Waals surface area contributed by atoms with Gasteiger partial charge in [-0.15, -0.1) is 12.4 Å². The van der Waals surface area contributed by atoms with E-state index in [0.29, 0.717) is 18.7 Å². The highest BCUT2D eigenvalue weighted by Gasteiger charge is 2.40. The third-order valence-corrected chi connectivity index (χ3v) is 3.81. The van der Waals surface area contributed by atoms with E-state index in [1.165, 1.54) is 0 Å². The minimum Gasteiger partial charge on any atom is -0.368 e. The number of ether oxygens (including phenoxy) is 1. The van der Waals surface area contributed by atoms with Crippen molar-refractivity contribution in [2.75, 3.05) is 25.5 Å². The van der Waals surface area contributed by atoms with Crippen LogP contribution < -0.4 is 10.6 Å². The molecule has 6 nitrogen and oxygen atoms in total. The molecule has 7 heteroatoms. The van der Waals surface area contributed by atoms with Gasteiger partial charge in [-0.3, -0.25) is 9.89 Å². The Morgan fingerprint density at radius 2 is 2.05 bits per heavy atom. The van der Waals surface area contributed by atoms with Crippen LogP contribution in [-0.2, 0) is 16.0 Å².